The summed E-state index contributed by atoms with van der Waals surface area (Å²) in [5, 5.41) is 2.82. The van der Waals surface area contributed by atoms with Gasteiger partial charge in [0, 0.05) is 11.3 Å². The van der Waals surface area contributed by atoms with Gasteiger partial charge in [-0.2, -0.15) is 0 Å². The van der Waals surface area contributed by atoms with Crippen LogP contribution in [0.5, 0.6) is 0 Å². The van der Waals surface area contributed by atoms with E-state index in [-0.39, 0.29) is 18.1 Å². The first-order chi connectivity index (χ1) is 12.7. The lowest BCUT2D eigenvalue weighted by Crippen LogP contribution is -2.14. The highest BCUT2D eigenvalue weighted by Crippen LogP contribution is 2.22. The van der Waals surface area contributed by atoms with Crippen LogP contribution in [0, 0.1) is 5.82 Å². The third-order valence-corrected chi connectivity index (χ3v) is 4.09. The Morgan fingerprint density at radius 1 is 1.00 bits per heavy atom. The molecule has 0 aliphatic heterocycles. The molecule has 0 bridgehead atoms. The molecule has 0 spiro atoms. The number of H-pyrrole nitrogens is 1. The molecule has 0 unspecified atom stereocenters. The van der Waals surface area contributed by atoms with Gasteiger partial charge in [-0.3, -0.25) is 4.79 Å². The highest BCUT2D eigenvalue weighted by atomic mass is 19.1. The van der Waals surface area contributed by atoms with Gasteiger partial charge in [0.1, 0.15) is 11.6 Å². The summed E-state index contributed by atoms with van der Waals surface area (Å²) >= 11 is 0. The maximum Gasteiger partial charge on any atom is 0.228 e. The minimum Gasteiger partial charge on any atom is -0.338 e. The van der Waals surface area contributed by atoms with Gasteiger partial charge in [-0.25, -0.2) is 9.37 Å². The summed E-state index contributed by atoms with van der Waals surface area (Å²) in [6, 6.07) is 21.3. The third-order valence-electron chi connectivity index (χ3n) is 4.09. The Labute approximate surface area is 149 Å². The van der Waals surface area contributed by atoms with Crippen LogP contribution in [0.3, 0.4) is 0 Å². The normalized spacial score (nSPS) is 10.8. The average Bonchev–Trinajstić information content (AvgIpc) is 3.06. The van der Waals surface area contributed by atoms with Crippen molar-refractivity contribution < 1.29 is 9.18 Å². The van der Waals surface area contributed by atoms with E-state index in [1.54, 1.807) is 12.1 Å². The number of anilines is 1. The summed E-state index contributed by atoms with van der Waals surface area (Å²) in [6.45, 7) is 0. The number of para-hydroxylation sites is 2. The molecule has 2 N–H and O–H groups in total. The van der Waals surface area contributed by atoms with Gasteiger partial charge >= 0.3 is 0 Å². The molecular weight excluding hydrogens is 329 g/mol. The van der Waals surface area contributed by atoms with Crippen molar-refractivity contribution in [2.24, 2.45) is 0 Å². The lowest BCUT2D eigenvalue weighted by molar-refractivity contribution is -0.115. The number of carbonyl (C=O) groups is 1. The van der Waals surface area contributed by atoms with Gasteiger partial charge in [0.2, 0.25) is 5.91 Å². The van der Waals surface area contributed by atoms with E-state index < -0.39 is 0 Å². The second kappa shape index (κ2) is 6.80. The summed E-state index contributed by atoms with van der Waals surface area (Å²) < 4.78 is 13.2. The molecule has 0 aliphatic rings. The lowest BCUT2D eigenvalue weighted by Gasteiger charge is -2.06. The van der Waals surface area contributed by atoms with Crippen molar-refractivity contribution in [3.8, 4) is 11.4 Å². The smallest absolute Gasteiger partial charge is 0.228 e. The predicted molar refractivity (Wildman–Crippen MR) is 100 cm³/mol. The first kappa shape index (κ1) is 16.0. The first-order valence-electron chi connectivity index (χ1n) is 8.27. The van der Waals surface area contributed by atoms with Gasteiger partial charge in [-0.05, 0) is 54.1 Å². The Balaban J connectivity index is 1.46. The maximum absolute atomic E-state index is 13.2. The number of aromatic amines is 1. The SMILES string of the molecule is O=C(Cc1cccc(F)c1)Nc1ccc(-c2nc3ccccc3[nH]2)cc1. The third kappa shape index (κ3) is 3.47. The zero-order valence-electron chi connectivity index (χ0n) is 13.9. The molecule has 4 aromatic rings. The van der Waals surface area contributed by atoms with Crippen molar-refractivity contribution in [2.45, 2.75) is 6.42 Å². The van der Waals surface area contributed by atoms with E-state index >= 15 is 0 Å². The second-order valence-electron chi connectivity index (χ2n) is 6.03. The molecule has 0 saturated heterocycles. The van der Waals surface area contributed by atoms with E-state index in [1.165, 1.54) is 12.1 Å². The molecule has 4 rings (SSSR count). The van der Waals surface area contributed by atoms with Crippen LogP contribution in [-0.2, 0) is 11.2 Å². The Kier molecular flexibility index (Phi) is 4.19. The Bertz CT molecular complexity index is 1040. The number of amides is 1. The van der Waals surface area contributed by atoms with Crippen LogP contribution in [0.2, 0.25) is 0 Å². The van der Waals surface area contributed by atoms with E-state index in [0.717, 1.165) is 22.4 Å². The fourth-order valence-electron chi connectivity index (χ4n) is 2.84. The van der Waals surface area contributed by atoms with Gasteiger partial charge < -0.3 is 10.3 Å². The second-order valence-corrected chi connectivity index (χ2v) is 6.03. The molecule has 4 nitrogen and oxygen atoms in total. The van der Waals surface area contributed by atoms with Crippen molar-refractivity contribution in [3.63, 3.8) is 0 Å². The number of carbonyl (C=O) groups excluding carboxylic acids is 1. The standard InChI is InChI=1S/C21H16FN3O/c22-16-5-3-4-14(12-16)13-20(26)23-17-10-8-15(9-11-17)21-24-18-6-1-2-7-19(18)25-21/h1-12H,13H2,(H,23,26)(H,24,25). The summed E-state index contributed by atoms with van der Waals surface area (Å²) in [7, 11) is 0. The minimum absolute atomic E-state index is 0.128. The Morgan fingerprint density at radius 3 is 2.58 bits per heavy atom. The highest BCUT2D eigenvalue weighted by molar-refractivity contribution is 5.92. The monoisotopic (exact) mass is 345 g/mol. The van der Waals surface area contributed by atoms with Crippen LogP contribution < -0.4 is 5.32 Å². The van der Waals surface area contributed by atoms with E-state index in [9.17, 15) is 9.18 Å². The first-order valence-corrected chi connectivity index (χ1v) is 8.27. The quantitative estimate of drug-likeness (QED) is 0.570. The summed E-state index contributed by atoms with van der Waals surface area (Å²) in [4.78, 5) is 19.9. The molecule has 0 saturated carbocycles. The van der Waals surface area contributed by atoms with Crippen LogP contribution >= 0.6 is 0 Å². The van der Waals surface area contributed by atoms with E-state index in [4.69, 9.17) is 0 Å². The number of aromatic nitrogens is 2. The van der Waals surface area contributed by atoms with Crippen LogP contribution in [0.25, 0.3) is 22.4 Å². The maximum atomic E-state index is 13.2. The largest absolute Gasteiger partial charge is 0.338 e. The van der Waals surface area contributed by atoms with Crippen molar-refractivity contribution in [1.29, 1.82) is 0 Å². The topological polar surface area (TPSA) is 57.8 Å². The van der Waals surface area contributed by atoms with Gasteiger partial charge in [0.15, 0.2) is 0 Å². The molecule has 0 atom stereocenters. The van der Waals surface area contributed by atoms with E-state index in [1.807, 2.05) is 48.5 Å². The van der Waals surface area contributed by atoms with Crippen LogP contribution in [-0.4, -0.2) is 15.9 Å². The molecule has 26 heavy (non-hydrogen) atoms. The van der Waals surface area contributed by atoms with Crippen molar-refractivity contribution in [3.05, 3.63) is 84.2 Å². The number of halogens is 1. The number of hydrogen-bond donors (Lipinski definition) is 2. The van der Waals surface area contributed by atoms with Crippen molar-refractivity contribution >= 4 is 22.6 Å². The van der Waals surface area contributed by atoms with E-state index in [2.05, 4.69) is 15.3 Å². The molecule has 1 heterocycles. The van der Waals surface area contributed by atoms with Gasteiger partial charge in [-0.15, -0.1) is 0 Å². The van der Waals surface area contributed by atoms with Crippen LogP contribution in [0.4, 0.5) is 10.1 Å². The van der Waals surface area contributed by atoms with Crippen LogP contribution in [0.15, 0.2) is 72.8 Å². The van der Waals surface area contributed by atoms with Gasteiger partial charge in [0.05, 0.1) is 17.5 Å². The van der Waals surface area contributed by atoms with Gasteiger partial charge in [-0.1, -0.05) is 24.3 Å². The molecule has 0 fully saturated rings. The number of nitrogens with zero attached hydrogens (tertiary/aromatic N) is 1. The van der Waals surface area contributed by atoms with Crippen LogP contribution in [0.1, 0.15) is 5.56 Å². The summed E-state index contributed by atoms with van der Waals surface area (Å²) in [5.41, 5.74) is 4.15. The highest BCUT2D eigenvalue weighted by Gasteiger charge is 2.07. The Hall–Kier alpha value is -3.47. The lowest BCUT2D eigenvalue weighted by atomic mass is 10.1. The molecule has 0 radical (unpaired) electrons. The van der Waals surface area contributed by atoms with Crippen molar-refractivity contribution in [2.75, 3.05) is 5.32 Å². The molecule has 1 aromatic heterocycles. The molecule has 5 heteroatoms. The number of hydrogen-bond acceptors (Lipinski definition) is 2. The molecular formula is C21H16FN3O. The van der Waals surface area contributed by atoms with E-state index in [0.29, 0.717) is 11.3 Å². The van der Waals surface area contributed by atoms with Crippen molar-refractivity contribution in [1.82, 2.24) is 9.97 Å². The molecule has 3 aromatic carbocycles. The zero-order chi connectivity index (χ0) is 17.9. The number of rotatable bonds is 4. The zero-order valence-corrected chi connectivity index (χ0v) is 13.9. The number of imidazole rings is 1. The fourth-order valence-corrected chi connectivity index (χ4v) is 2.84. The molecule has 1 amide bonds. The summed E-state index contributed by atoms with van der Waals surface area (Å²) in [5.74, 6) is 0.251. The number of benzene rings is 3. The predicted octanol–water partition coefficient (Wildman–Crippen LogP) is 4.55. The number of nitrogens with one attached hydrogen (secondary N) is 2. The molecule has 128 valence electrons. The minimum atomic E-state index is -0.342. The fraction of sp³-hybridized carbons (Fsp3) is 0.0476. The number of fused-ring (bicyclic) bond motifs is 1. The Morgan fingerprint density at radius 2 is 1.81 bits per heavy atom. The molecule has 0 aliphatic carbocycles. The average molecular weight is 345 g/mol. The summed E-state index contributed by atoms with van der Waals surface area (Å²) in [6.07, 6.45) is 0.128. The van der Waals surface area contributed by atoms with Gasteiger partial charge in [0.25, 0.3) is 0 Å².